The van der Waals surface area contributed by atoms with Crippen LogP contribution < -0.4 is 10.6 Å². The van der Waals surface area contributed by atoms with Crippen molar-refractivity contribution in [3.8, 4) is 0 Å². The van der Waals surface area contributed by atoms with Crippen LogP contribution in [0.4, 0.5) is 0 Å². The summed E-state index contributed by atoms with van der Waals surface area (Å²) in [6.07, 6.45) is 0.539. The van der Waals surface area contributed by atoms with Crippen LogP contribution in [0.25, 0.3) is 0 Å². The van der Waals surface area contributed by atoms with Crippen LogP contribution >= 0.6 is 0 Å². The first-order valence-electron chi connectivity index (χ1n) is 5.09. The molecule has 2 atom stereocenters. The van der Waals surface area contributed by atoms with E-state index in [0.717, 1.165) is 0 Å². The van der Waals surface area contributed by atoms with Crippen LogP contribution in [-0.4, -0.2) is 50.0 Å². The summed E-state index contributed by atoms with van der Waals surface area (Å²) in [6, 6.07) is -0.302. The van der Waals surface area contributed by atoms with Gasteiger partial charge in [-0.2, -0.15) is 0 Å². The Balaban J connectivity index is 3.86. The van der Waals surface area contributed by atoms with Gasteiger partial charge >= 0.3 is 0 Å². The molecule has 90 valence electrons. The highest BCUT2D eigenvalue weighted by molar-refractivity contribution is 5.80. The molecular formula is C10H22N2O3. The lowest BCUT2D eigenvalue weighted by molar-refractivity contribution is -0.122. The third kappa shape index (κ3) is 6.43. The van der Waals surface area contributed by atoms with E-state index in [0.29, 0.717) is 19.6 Å². The Kier molecular flexibility index (Phi) is 6.47. The summed E-state index contributed by atoms with van der Waals surface area (Å²) in [5.41, 5.74) is -0.849. The fourth-order valence-corrected chi connectivity index (χ4v) is 1.09. The first kappa shape index (κ1) is 14.3. The molecule has 0 bridgehead atoms. The second kappa shape index (κ2) is 6.76. The average Bonchev–Trinajstić information content (AvgIpc) is 2.22. The summed E-state index contributed by atoms with van der Waals surface area (Å²) in [7, 11) is 3.18. The number of hydrogen-bond donors (Lipinski definition) is 3. The van der Waals surface area contributed by atoms with Gasteiger partial charge in [0.05, 0.1) is 11.6 Å². The third-order valence-corrected chi connectivity index (χ3v) is 2.27. The van der Waals surface area contributed by atoms with E-state index < -0.39 is 5.60 Å². The van der Waals surface area contributed by atoms with Gasteiger partial charge in [0.25, 0.3) is 0 Å². The Labute approximate surface area is 91.2 Å². The number of likely N-dealkylation sites (N-methyl/N-ethyl adjacent to an activating group) is 1. The van der Waals surface area contributed by atoms with Crippen molar-refractivity contribution < 1.29 is 14.6 Å². The molecule has 0 heterocycles. The van der Waals surface area contributed by atoms with Crippen molar-refractivity contribution in [2.45, 2.75) is 31.9 Å². The van der Waals surface area contributed by atoms with Crippen LogP contribution in [0.3, 0.4) is 0 Å². The van der Waals surface area contributed by atoms with E-state index in [9.17, 15) is 9.90 Å². The zero-order valence-electron chi connectivity index (χ0n) is 9.96. The van der Waals surface area contributed by atoms with Gasteiger partial charge in [0.2, 0.25) is 5.91 Å². The quantitative estimate of drug-likeness (QED) is 0.538. The van der Waals surface area contributed by atoms with E-state index in [1.165, 1.54) is 0 Å². The highest BCUT2D eigenvalue weighted by atomic mass is 16.5. The van der Waals surface area contributed by atoms with E-state index in [4.69, 9.17) is 4.74 Å². The standard InChI is InChI=1S/C10H22N2O3/c1-8(9(13)11-3)12-7-10(2,14)5-6-15-4/h8,12,14H,5-7H2,1-4H3,(H,11,13). The molecule has 1 amide bonds. The molecule has 5 heteroatoms. The Morgan fingerprint density at radius 1 is 1.60 bits per heavy atom. The molecule has 0 aromatic rings. The average molecular weight is 218 g/mol. The topological polar surface area (TPSA) is 70.6 Å². The van der Waals surface area contributed by atoms with Gasteiger partial charge in [-0.15, -0.1) is 0 Å². The SMILES string of the molecule is CNC(=O)C(C)NCC(C)(O)CCOC. The van der Waals surface area contributed by atoms with E-state index in [1.807, 2.05) is 0 Å². The molecule has 0 saturated carbocycles. The van der Waals surface area contributed by atoms with Gasteiger partial charge in [-0.3, -0.25) is 4.79 Å². The van der Waals surface area contributed by atoms with Crippen LogP contribution in [0.15, 0.2) is 0 Å². The minimum atomic E-state index is -0.849. The molecule has 0 saturated heterocycles. The van der Waals surface area contributed by atoms with Crippen LogP contribution in [0.1, 0.15) is 20.3 Å². The summed E-state index contributed by atoms with van der Waals surface area (Å²) >= 11 is 0. The summed E-state index contributed by atoms with van der Waals surface area (Å²) in [5.74, 6) is -0.0856. The molecule has 0 radical (unpaired) electrons. The maximum atomic E-state index is 11.2. The van der Waals surface area contributed by atoms with Crippen molar-refractivity contribution in [1.82, 2.24) is 10.6 Å². The number of nitrogens with one attached hydrogen (secondary N) is 2. The first-order valence-corrected chi connectivity index (χ1v) is 5.09. The van der Waals surface area contributed by atoms with Crippen LogP contribution in [0, 0.1) is 0 Å². The minimum Gasteiger partial charge on any atom is -0.389 e. The molecule has 0 aliphatic carbocycles. The van der Waals surface area contributed by atoms with Crippen molar-refractivity contribution in [2.24, 2.45) is 0 Å². The predicted octanol–water partition coefficient (Wildman–Crippen LogP) is -0.502. The highest BCUT2D eigenvalue weighted by Gasteiger charge is 2.21. The van der Waals surface area contributed by atoms with Gasteiger partial charge in [0, 0.05) is 33.7 Å². The van der Waals surface area contributed by atoms with Crippen molar-refractivity contribution in [1.29, 1.82) is 0 Å². The zero-order valence-corrected chi connectivity index (χ0v) is 9.96. The summed E-state index contributed by atoms with van der Waals surface area (Å²) < 4.78 is 4.89. The number of hydrogen-bond acceptors (Lipinski definition) is 4. The Bertz CT molecular complexity index is 195. The molecule has 0 aliphatic heterocycles. The van der Waals surface area contributed by atoms with E-state index in [1.54, 1.807) is 28.0 Å². The molecule has 3 N–H and O–H groups in total. The van der Waals surface area contributed by atoms with Gasteiger partial charge in [0.1, 0.15) is 0 Å². The molecule has 0 rings (SSSR count). The Morgan fingerprint density at radius 2 is 2.20 bits per heavy atom. The van der Waals surface area contributed by atoms with E-state index in [2.05, 4.69) is 10.6 Å². The molecule has 0 spiro atoms. The molecule has 15 heavy (non-hydrogen) atoms. The molecule has 5 nitrogen and oxygen atoms in total. The number of rotatable bonds is 7. The smallest absolute Gasteiger partial charge is 0.236 e. The number of methoxy groups -OCH3 is 1. The van der Waals surface area contributed by atoms with Gasteiger partial charge in [-0.25, -0.2) is 0 Å². The Morgan fingerprint density at radius 3 is 2.67 bits per heavy atom. The van der Waals surface area contributed by atoms with Gasteiger partial charge in [-0.05, 0) is 13.8 Å². The van der Waals surface area contributed by atoms with Crippen LogP contribution in [0.5, 0.6) is 0 Å². The van der Waals surface area contributed by atoms with Crippen molar-refractivity contribution in [2.75, 3.05) is 27.3 Å². The molecule has 0 aromatic carbocycles. The molecular weight excluding hydrogens is 196 g/mol. The summed E-state index contributed by atoms with van der Waals surface area (Å²) in [6.45, 7) is 4.34. The van der Waals surface area contributed by atoms with Crippen LogP contribution in [-0.2, 0) is 9.53 Å². The normalized spacial score (nSPS) is 16.9. The summed E-state index contributed by atoms with van der Waals surface area (Å²) in [4.78, 5) is 11.2. The van der Waals surface area contributed by atoms with Crippen molar-refractivity contribution in [3.05, 3.63) is 0 Å². The minimum absolute atomic E-state index is 0.0856. The van der Waals surface area contributed by atoms with Crippen LogP contribution in [0.2, 0.25) is 0 Å². The predicted molar refractivity (Wildman–Crippen MR) is 58.6 cm³/mol. The Hall–Kier alpha value is -0.650. The molecule has 0 aliphatic rings. The second-order valence-corrected chi connectivity index (χ2v) is 3.96. The van der Waals surface area contributed by atoms with Gasteiger partial charge < -0.3 is 20.5 Å². The molecule has 0 fully saturated rings. The lowest BCUT2D eigenvalue weighted by Gasteiger charge is -2.25. The first-order chi connectivity index (χ1) is 6.93. The number of ether oxygens (including phenoxy) is 1. The highest BCUT2D eigenvalue weighted by Crippen LogP contribution is 2.07. The molecule has 2 unspecified atom stereocenters. The number of carbonyl (C=O) groups excluding carboxylic acids is 1. The monoisotopic (exact) mass is 218 g/mol. The number of amides is 1. The van der Waals surface area contributed by atoms with E-state index >= 15 is 0 Å². The molecule has 0 aromatic heterocycles. The fourth-order valence-electron chi connectivity index (χ4n) is 1.09. The van der Waals surface area contributed by atoms with Gasteiger partial charge in [-0.1, -0.05) is 0 Å². The zero-order chi connectivity index (χ0) is 11.9. The van der Waals surface area contributed by atoms with E-state index in [-0.39, 0.29) is 11.9 Å². The lowest BCUT2D eigenvalue weighted by Crippen LogP contribution is -2.47. The van der Waals surface area contributed by atoms with Crippen molar-refractivity contribution >= 4 is 5.91 Å². The number of carbonyl (C=O) groups is 1. The largest absolute Gasteiger partial charge is 0.389 e. The third-order valence-electron chi connectivity index (χ3n) is 2.27. The lowest BCUT2D eigenvalue weighted by atomic mass is 10.0. The second-order valence-electron chi connectivity index (χ2n) is 3.96. The maximum absolute atomic E-state index is 11.2. The fraction of sp³-hybridized carbons (Fsp3) is 0.900. The van der Waals surface area contributed by atoms with Gasteiger partial charge in [0.15, 0.2) is 0 Å². The summed E-state index contributed by atoms with van der Waals surface area (Å²) in [5, 5.41) is 15.4. The maximum Gasteiger partial charge on any atom is 0.236 e. The number of aliphatic hydroxyl groups is 1. The van der Waals surface area contributed by atoms with Crippen molar-refractivity contribution in [3.63, 3.8) is 0 Å².